The van der Waals surface area contributed by atoms with E-state index in [1.807, 2.05) is 6.92 Å². The molecule has 1 aromatic rings. The minimum absolute atomic E-state index is 0.0184. The normalized spacial score (nSPS) is 11.4. The third-order valence-corrected chi connectivity index (χ3v) is 2.41. The molecule has 0 aliphatic heterocycles. The number of nitrogens with zero attached hydrogens (tertiary/aromatic N) is 2. The lowest BCUT2D eigenvalue weighted by molar-refractivity contribution is -0.140. The Hall–Kier alpha value is -1.79. The quantitative estimate of drug-likeness (QED) is 0.899. The Kier molecular flexibility index (Phi) is 5.14. The van der Waals surface area contributed by atoms with E-state index in [2.05, 4.69) is 4.98 Å². The third kappa shape index (κ3) is 5.15. The van der Waals surface area contributed by atoms with Crippen molar-refractivity contribution < 1.29 is 23.1 Å². The minimum atomic E-state index is -4.45. The molecular weight excluding hydrogens is 261 g/mol. The molecule has 1 N–H and O–H groups in total. The average molecular weight is 276 g/mol. The van der Waals surface area contributed by atoms with E-state index in [-0.39, 0.29) is 17.9 Å². The van der Waals surface area contributed by atoms with Gasteiger partial charge in [0.1, 0.15) is 12.3 Å². The zero-order valence-electron chi connectivity index (χ0n) is 10.4. The molecular formula is C12H15F3N2O2. The highest BCUT2D eigenvalue weighted by Crippen LogP contribution is 2.19. The Morgan fingerprint density at radius 3 is 2.63 bits per heavy atom. The summed E-state index contributed by atoms with van der Waals surface area (Å²) in [6, 6.07) is 1.10. The van der Waals surface area contributed by atoms with Crippen LogP contribution in [0.5, 0.6) is 5.75 Å². The third-order valence-electron chi connectivity index (χ3n) is 2.41. The van der Waals surface area contributed by atoms with E-state index in [4.69, 9.17) is 0 Å². The molecule has 19 heavy (non-hydrogen) atoms. The molecule has 0 unspecified atom stereocenters. The van der Waals surface area contributed by atoms with Crippen molar-refractivity contribution in [1.29, 1.82) is 0 Å². The first-order valence-electron chi connectivity index (χ1n) is 5.83. The predicted molar refractivity (Wildman–Crippen MR) is 62.8 cm³/mol. The molecule has 106 valence electrons. The number of alkyl halides is 3. The zero-order chi connectivity index (χ0) is 14.5. The lowest BCUT2D eigenvalue weighted by Gasteiger charge is -2.23. The van der Waals surface area contributed by atoms with Gasteiger partial charge in [0.2, 0.25) is 0 Å². The Balaban J connectivity index is 2.87. The molecule has 1 aromatic heterocycles. The standard InChI is InChI=1S/C12H15F3N2O2/c1-2-3-4-17(8-12(13,14)15)11(19)9-5-10(18)7-16-6-9/h5-7,18H,2-4,8H2,1H3. The van der Waals surface area contributed by atoms with Crippen LogP contribution in [0.1, 0.15) is 30.1 Å². The maximum atomic E-state index is 12.4. The molecule has 0 atom stereocenters. The van der Waals surface area contributed by atoms with Crippen LogP contribution in [0.25, 0.3) is 0 Å². The number of hydrogen-bond donors (Lipinski definition) is 1. The molecule has 0 aliphatic carbocycles. The molecule has 0 bridgehead atoms. The molecule has 0 radical (unpaired) electrons. The van der Waals surface area contributed by atoms with Gasteiger partial charge in [-0.05, 0) is 12.5 Å². The summed E-state index contributed by atoms with van der Waals surface area (Å²) in [5.74, 6) is -1.04. The summed E-state index contributed by atoms with van der Waals surface area (Å²) >= 11 is 0. The molecule has 0 aliphatic rings. The van der Waals surface area contributed by atoms with Crippen LogP contribution >= 0.6 is 0 Å². The van der Waals surface area contributed by atoms with Gasteiger partial charge in [0, 0.05) is 12.7 Å². The number of unbranched alkanes of at least 4 members (excludes halogenated alkanes) is 1. The van der Waals surface area contributed by atoms with Crippen molar-refractivity contribution in [2.75, 3.05) is 13.1 Å². The van der Waals surface area contributed by atoms with E-state index in [0.717, 1.165) is 23.4 Å². The summed E-state index contributed by atoms with van der Waals surface area (Å²) in [4.78, 5) is 16.3. The van der Waals surface area contributed by atoms with Crippen LogP contribution < -0.4 is 0 Å². The van der Waals surface area contributed by atoms with Crippen LogP contribution in [0.15, 0.2) is 18.5 Å². The number of pyridine rings is 1. The number of rotatable bonds is 5. The van der Waals surface area contributed by atoms with Crippen molar-refractivity contribution in [2.45, 2.75) is 25.9 Å². The highest BCUT2D eigenvalue weighted by molar-refractivity contribution is 5.94. The van der Waals surface area contributed by atoms with Crippen molar-refractivity contribution in [3.8, 4) is 5.75 Å². The second-order valence-electron chi connectivity index (χ2n) is 4.13. The van der Waals surface area contributed by atoms with Crippen LogP contribution in [-0.2, 0) is 0 Å². The van der Waals surface area contributed by atoms with E-state index in [1.165, 1.54) is 0 Å². The average Bonchev–Trinajstić information content (AvgIpc) is 2.32. The summed E-state index contributed by atoms with van der Waals surface area (Å²) < 4.78 is 37.3. The zero-order valence-corrected chi connectivity index (χ0v) is 10.4. The molecule has 0 spiro atoms. The van der Waals surface area contributed by atoms with Gasteiger partial charge in [-0.1, -0.05) is 13.3 Å². The molecule has 0 fully saturated rings. The van der Waals surface area contributed by atoms with E-state index in [1.54, 1.807) is 0 Å². The van der Waals surface area contributed by atoms with E-state index < -0.39 is 18.6 Å². The van der Waals surface area contributed by atoms with Gasteiger partial charge in [-0.2, -0.15) is 13.2 Å². The summed E-state index contributed by atoms with van der Waals surface area (Å²) in [6.45, 7) is 0.540. The van der Waals surface area contributed by atoms with Crippen LogP contribution in [0, 0.1) is 0 Å². The highest BCUT2D eigenvalue weighted by Gasteiger charge is 2.33. The number of carbonyl (C=O) groups excluding carboxylic acids is 1. The Morgan fingerprint density at radius 2 is 2.11 bits per heavy atom. The van der Waals surface area contributed by atoms with Gasteiger partial charge < -0.3 is 10.0 Å². The van der Waals surface area contributed by atoms with Crippen molar-refractivity contribution in [3.63, 3.8) is 0 Å². The van der Waals surface area contributed by atoms with Gasteiger partial charge in [0.25, 0.3) is 5.91 Å². The van der Waals surface area contributed by atoms with Gasteiger partial charge in [0.15, 0.2) is 0 Å². The summed E-state index contributed by atoms with van der Waals surface area (Å²) in [7, 11) is 0. The summed E-state index contributed by atoms with van der Waals surface area (Å²) in [6.07, 6.45) is -1.05. The molecule has 1 rings (SSSR count). The second-order valence-corrected chi connectivity index (χ2v) is 4.13. The van der Waals surface area contributed by atoms with Crippen LogP contribution in [0.4, 0.5) is 13.2 Å². The van der Waals surface area contributed by atoms with E-state index >= 15 is 0 Å². The van der Waals surface area contributed by atoms with Gasteiger partial charge >= 0.3 is 6.18 Å². The van der Waals surface area contributed by atoms with Crippen molar-refractivity contribution in [2.24, 2.45) is 0 Å². The fourth-order valence-corrected chi connectivity index (χ4v) is 1.55. The second kappa shape index (κ2) is 6.40. The maximum Gasteiger partial charge on any atom is 0.406 e. The first kappa shape index (κ1) is 15.3. The van der Waals surface area contributed by atoms with E-state index in [9.17, 15) is 23.1 Å². The highest BCUT2D eigenvalue weighted by atomic mass is 19.4. The first-order chi connectivity index (χ1) is 8.83. The number of carbonyl (C=O) groups is 1. The van der Waals surface area contributed by atoms with Gasteiger partial charge in [0.05, 0.1) is 11.8 Å². The molecule has 1 heterocycles. The van der Waals surface area contributed by atoms with Crippen LogP contribution in [-0.4, -0.2) is 40.2 Å². The number of amides is 1. The van der Waals surface area contributed by atoms with Crippen LogP contribution in [0.2, 0.25) is 0 Å². The molecule has 7 heteroatoms. The Morgan fingerprint density at radius 1 is 1.42 bits per heavy atom. The number of halogens is 3. The summed E-state index contributed by atoms with van der Waals surface area (Å²) in [5.41, 5.74) is -0.0552. The Bertz CT molecular complexity index is 435. The molecule has 1 amide bonds. The smallest absolute Gasteiger partial charge is 0.406 e. The molecule has 4 nitrogen and oxygen atoms in total. The fourth-order valence-electron chi connectivity index (χ4n) is 1.55. The SMILES string of the molecule is CCCCN(CC(F)(F)F)C(=O)c1cncc(O)c1. The Labute approximate surface area is 108 Å². The van der Waals surface area contributed by atoms with Gasteiger partial charge in [-0.15, -0.1) is 0 Å². The minimum Gasteiger partial charge on any atom is -0.506 e. The number of aromatic hydroxyl groups is 1. The lowest BCUT2D eigenvalue weighted by Crippen LogP contribution is -2.39. The number of hydrogen-bond acceptors (Lipinski definition) is 3. The molecule has 0 aromatic carbocycles. The van der Waals surface area contributed by atoms with Crippen molar-refractivity contribution in [1.82, 2.24) is 9.88 Å². The first-order valence-corrected chi connectivity index (χ1v) is 5.83. The number of aromatic nitrogens is 1. The van der Waals surface area contributed by atoms with Crippen molar-refractivity contribution in [3.05, 3.63) is 24.0 Å². The maximum absolute atomic E-state index is 12.4. The predicted octanol–water partition coefficient (Wildman–Crippen LogP) is 2.59. The van der Waals surface area contributed by atoms with Gasteiger partial charge in [-0.25, -0.2) is 0 Å². The van der Waals surface area contributed by atoms with Crippen molar-refractivity contribution >= 4 is 5.91 Å². The van der Waals surface area contributed by atoms with E-state index in [0.29, 0.717) is 12.8 Å². The van der Waals surface area contributed by atoms with Crippen LogP contribution in [0.3, 0.4) is 0 Å². The lowest BCUT2D eigenvalue weighted by atomic mass is 10.2. The summed E-state index contributed by atoms with van der Waals surface area (Å²) in [5, 5.41) is 9.20. The van der Waals surface area contributed by atoms with Gasteiger partial charge in [-0.3, -0.25) is 9.78 Å². The molecule has 0 saturated heterocycles. The molecule has 0 saturated carbocycles. The largest absolute Gasteiger partial charge is 0.506 e. The fraction of sp³-hybridized carbons (Fsp3) is 0.500. The monoisotopic (exact) mass is 276 g/mol. The topological polar surface area (TPSA) is 53.4 Å².